The van der Waals surface area contributed by atoms with E-state index in [1.165, 1.54) is 7.11 Å². The first kappa shape index (κ1) is 19.6. The van der Waals surface area contributed by atoms with E-state index in [0.717, 1.165) is 23.3 Å². The lowest BCUT2D eigenvalue weighted by Gasteiger charge is -2.09. The minimum Gasteiger partial charge on any atom is -0.465 e. The van der Waals surface area contributed by atoms with Crippen molar-refractivity contribution in [3.05, 3.63) is 51.4 Å². The number of carbonyl (C=O) groups is 2. The van der Waals surface area contributed by atoms with Crippen molar-refractivity contribution in [2.45, 2.75) is 20.3 Å². The monoisotopic (exact) mass is 387 g/mol. The fourth-order valence-electron chi connectivity index (χ4n) is 2.23. The summed E-state index contributed by atoms with van der Waals surface area (Å²) in [7, 11) is 1.27. The highest BCUT2D eigenvalue weighted by molar-refractivity contribution is 7.80. The Hall–Kier alpha value is -2.76. The first-order chi connectivity index (χ1) is 12.4. The number of amides is 1. The van der Waals surface area contributed by atoms with E-state index in [0.29, 0.717) is 26.6 Å². The molecule has 2 N–H and O–H groups in total. The van der Waals surface area contributed by atoms with Crippen LogP contribution in [0.5, 0.6) is 0 Å². The zero-order valence-corrected chi connectivity index (χ0v) is 16.1. The number of thiophene rings is 1. The molecule has 26 heavy (non-hydrogen) atoms. The summed E-state index contributed by atoms with van der Waals surface area (Å²) >= 11 is 6.21. The smallest absolute Gasteiger partial charge is 0.348 e. The Kier molecular flexibility index (Phi) is 6.44. The summed E-state index contributed by atoms with van der Waals surface area (Å²) in [5.41, 5.74) is 2.41. The fraction of sp³-hybridized carbons (Fsp3) is 0.222. The number of benzene rings is 1. The Morgan fingerprint density at radius 3 is 2.50 bits per heavy atom. The molecule has 0 aliphatic carbocycles. The lowest BCUT2D eigenvalue weighted by Crippen LogP contribution is -2.34. The van der Waals surface area contributed by atoms with E-state index in [2.05, 4.69) is 10.6 Å². The van der Waals surface area contributed by atoms with Crippen molar-refractivity contribution in [1.29, 1.82) is 5.26 Å². The van der Waals surface area contributed by atoms with E-state index in [1.807, 2.05) is 25.1 Å². The number of hydrogen-bond donors (Lipinski definition) is 2. The van der Waals surface area contributed by atoms with Gasteiger partial charge in [-0.25, -0.2) is 4.79 Å². The van der Waals surface area contributed by atoms with Crippen LogP contribution in [-0.2, 0) is 11.2 Å². The second kappa shape index (κ2) is 8.56. The number of nitriles is 1. The molecule has 0 atom stereocenters. The van der Waals surface area contributed by atoms with Gasteiger partial charge >= 0.3 is 5.97 Å². The molecule has 0 aliphatic heterocycles. The van der Waals surface area contributed by atoms with Crippen LogP contribution in [0.1, 0.15) is 43.6 Å². The molecule has 6 nitrogen and oxygen atoms in total. The molecule has 134 valence electrons. The summed E-state index contributed by atoms with van der Waals surface area (Å²) in [6.07, 6.45) is 0.888. The Morgan fingerprint density at radius 2 is 1.96 bits per heavy atom. The van der Waals surface area contributed by atoms with Gasteiger partial charge in [-0.3, -0.25) is 10.1 Å². The average Bonchev–Trinajstić information content (AvgIpc) is 2.96. The van der Waals surface area contributed by atoms with Crippen LogP contribution in [0, 0.1) is 18.3 Å². The van der Waals surface area contributed by atoms with E-state index in [-0.39, 0.29) is 11.0 Å². The third kappa shape index (κ3) is 4.25. The number of thiocarbonyl (C=S) groups is 1. The Balaban J connectivity index is 2.13. The number of carbonyl (C=O) groups excluding carboxylic acids is 2. The Labute approximate surface area is 160 Å². The van der Waals surface area contributed by atoms with Crippen molar-refractivity contribution in [2.24, 2.45) is 0 Å². The number of nitrogens with zero attached hydrogens (tertiary/aromatic N) is 1. The highest BCUT2D eigenvalue weighted by atomic mass is 32.1. The van der Waals surface area contributed by atoms with E-state index in [9.17, 15) is 14.9 Å². The lowest BCUT2D eigenvalue weighted by molar-refractivity contribution is 0.0605. The SMILES string of the molecule is CCc1ccc(C(=O)NC(=S)Nc2sc(C(=O)OC)c(C)c2C#N)cc1. The minimum atomic E-state index is -0.525. The molecule has 1 aromatic heterocycles. The summed E-state index contributed by atoms with van der Waals surface area (Å²) in [6.45, 7) is 3.69. The number of hydrogen-bond acceptors (Lipinski definition) is 6. The number of anilines is 1. The Morgan fingerprint density at radius 1 is 1.31 bits per heavy atom. The van der Waals surface area contributed by atoms with Gasteiger partial charge in [0.15, 0.2) is 5.11 Å². The molecule has 0 bridgehead atoms. The molecule has 0 aliphatic rings. The fourth-order valence-corrected chi connectivity index (χ4v) is 3.56. The molecule has 0 radical (unpaired) electrons. The molecule has 2 aromatic rings. The molecule has 2 rings (SSSR count). The van der Waals surface area contributed by atoms with E-state index in [1.54, 1.807) is 19.1 Å². The molecule has 0 saturated carbocycles. The Bertz CT molecular complexity index is 896. The molecule has 1 heterocycles. The molecule has 0 saturated heterocycles. The van der Waals surface area contributed by atoms with Crippen LogP contribution >= 0.6 is 23.6 Å². The van der Waals surface area contributed by atoms with Crippen LogP contribution in [0.15, 0.2) is 24.3 Å². The largest absolute Gasteiger partial charge is 0.465 e. The maximum Gasteiger partial charge on any atom is 0.348 e. The standard InChI is InChI=1S/C18H17N3O3S2/c1-4-11-5-7-12(8-6-11)15(22)20-18(25)21-16-13(9-19)10(2)14(26-16)17(23)24-3/h5-8H,4H2,1-3H3,(H2,20,21,22,25). The van der Waals surface area contributed by atoms with Gasteiger partial charge in [-0.05, 0) is 48.8 Å². The maximum absolute atomic E-state index is 12.3. The predicted molar refractivity (Wildman–Crippen MR) is 105 cm³/mol. The summed E-state index contributed by atoms with van der Waals surface area (Å²) < 4.78 is 4.71. The van der Waals surface area contributed by atoms with Crippen LogP contribution in [0.3, 0.4) is 0 Å². The summed E-state index contributed by atoms with van der Waals surface area (Å²) in [4.78, 5) is 24.3. The van der Waals surface area contributed by atoms with Gasteiger partial charge in [-0.2, -0.15) is 5.26 Å². The molecule has 0 spiro atoms. The number of nitrogens with one attached hydrogen (secondary N) is 2. The summed E-state index contributed by atoms with van der Waals surface area (Å²) in [6, 6.07) is 9.24. The second-order valence-corrected chi connectivity index (χ2v) is 6.75. The third-order valence-electron chi connectivity index (χ3n) is 3.71. The summed E-state index contributed by atoms with van der Waals surface area (Å²) in [5.74, 6) is -0.881. The van der Waals surface area contributed by atoms with Crippen LogP contribution in [0.4, 0.5) is 5.00 Å². The van der Waals surface area contributed by atoms with E-state index in [4.69, 9.17) is 17.0 Å². The molecule has 1 aromatic carbocycles. The molecule has 0 unspecified atom stereocenters. The first-order valence-corrected chi connectivity index (χ1v) is 8.96. The maximum atomic E-state index is 12.3. The van der Waals surface area contributed by atoms with Gasteiger partial charge in [0.25, 0.3) is 5.91 Å². The van der Waals surface area contributed by atoms with Crippen LogP contribution in [-0.4, -0.2) is 24.1 Å². The van der Waals surface area contributed by atoms with Crippen LogP contribution in [0.2, 0.25) is 0 Å². The average molecular weight is 387 g/mol. The van der Waals surface area contributed by atoms with Crippen molar-refractivity contribution in [3.63, 3.8) is 0 Å². The normalized spacial score (nSPS) is 9.92. The van der Waals surface area contributed by atoms with Crippen molar-refractivity contribution in [3.8, 4) is 6.07 Å². The van der Waals surface area contributed by atoms with Crippen molar-refractivity contribution >= 4 is 45.5 Å². The summed E-state index contributed by atoms with van der Waals surface area (Å²) in [5, 5.41) is 15.1. The molecule has 1 amide bonds. The van der Waals surface area contributed by atoms with Crippen molar-refractivity contribution in [2.75, 3.05) is 12.4 Å². The molecule has 8 heteroatoms. The number of rotatable bonds is 4. The predicted octanol–water partition coefficient (Wildman–Crippen LogP) is 3.40. The van der Waals surface area contributed by atoms with Crippen LogP contribution in [0.25, 0.3) is 0 Å². The number of methoxy groups -OCH3 is 1. The topological polar surface area (TPSA) is 91.2 Å². The van der Waals surface area contributed by atoms with Gasteiger partial charge in [0.2, 0.25) is 0 Å². The zero-order valence-electron chi connectivity index (χ0n) is 14.5. The van der Waals surface area contributed by atoms with Crippen molar-refractivity contribution in [1.82, 2.24) is 5.32 Å². The number of ether oxygens (including phenoxy) is 1. The third-order valence-corrected chi connectivity index (χ3v) is 5.10. The van der Waals surface area contributed by atoms with Gasteiger partial charge < -0.3 is 10.1 Å². The molecular formula is C18H17N3O3S2. The van der Waals surface area contributed by atoms with Gasteiger partial charge in [0, 0.05) is 5.56 Å². The van der Waals surface area contributed by atoms with Gasteiger partial charge in [-0.1, -0.05) is 19.1 Å². The number of aryl methyl sites for hydroxylation is 1. The lowest BCUT2D eigenvalue weighted by atomic mass is 10.1. The molecule has 0 fully saturated rings. The van der Waals surface area contributed by atoms with Gasteiger partial charge in [0.05, 0.1) is 12.7 Å². The van der Waals surface area contributed by atoms with E-state index < -0.39 is 5.97 Å². The number of esters is 1. The minimum absolute atomic E-state index is 0.0451. The van der Waals surface area contributed by atoms with Gasteiger partial charge in [-0.15, -0.1) is 11.3 Å². The van der Waals surface area contributed by atoms with Crippen LogP contribution < -0.4 is 10.6 Å². The highest BCUT2D eigenvalue weighted by Gasteiger charge is 2.21. The first-order valence-electron chi connectivity index (χ1n) is 7.74. The second-order valence-electron chi connectivity index (χ2n) is 5.32. The quantitative estimate of drug-likeness (QED) is 0.617. The molecular weight excluding hydrogens is 370 g/mol. The van der Waals surface area contributed by atoms with E-state index >= 15 is 0 Å². The van der Waals surface area contributed by atoms with Crippen molar-refractivity contribution < 1.29 is 14.3 Å². The van der Waals surface area contributed by atoms with Gasteiger partial charge in [0.1, 0.15) is 15.9 Å². The highest BCUT2D eigenvalue weighted by Crippen LogP contribution is 2.32. The zero-order chi connectivity index (χ0) is 19.3.